The number of anilines is 1. The van der Waals surface area contributed by atoms with E-state index < -0.39 is 12.1 Å². The summed E-state index contributed by atoms with van der Waals surface area (Å²) in [5, 5.41) is 14.7. The van der Waals surface area contributed by atoms with Crippen molar-refractivity contribution in [3.05, 3.63) is 96.6 Å². The van der Waals surface area contributed by atoms with Gasteiger partial charge in [0.25, 0.3) is 0 Å². The number of piperazine rings is 1. The molecule has 0 amide bonds. The molecule has 0 bridgehead atoms. The van der Waals surface area contributed by atoms with Crippen molar-refractivity contribution in [2.24, 2.45) is 0 Å². The van der Waals surface area contributed by atoms with Crippen LogP contribution < -0.4 is 4.90 Å². The second-order valence-corrected chi connectivity index (χ2v) is 12.4. The summed E-state index contributed by atoms with van der Waals surface area (Å²) in [4.78, 5) is 35.2. The molecule has 0 radical (unpaired) electrons. The third-order valence-corrected chi connectivity index (χ3v) is 8.89. The number of halogens is 3. The van der Waals surface area contributed by atoms with Crippen molar-refractivity contribution in [3.63, 3.8) is 0 Å². The molecule has 0 unspecified atom stereocenters. The van der Waals surface area contributed by atoms with Gasteiger partial charge in [-0.3, -0.25) is 15.0 Å². The maximum Gasteiger partial charge on any atom is 0.490 e. The number of likely N-dealkylation sites (tertiary alicyclic amines) is 1. The minimum atomic E-state index is -5.08. The average molecular weight is 686 g/mol. The molecule has 11 nitrogen and oxygen atoms in total. The Morgan fingerprint density at radius 2 is 1.54 bits per heavy atom. The van der Waals surface area contributed by atoms with Crippen molar-refractivity contribution in [3.8, 4) is 33.9 Å². The van der Waals surface area contributed by atoms with Gasteiger partial charge in [-0.1, -0.05) is 60.7 Å². The minimum Gasteiger partial charge on any atom is -0.475 e. The quantitative estimate of drug-likeness (QED) is 0.219. The fourth-order valence-corrected chi connectivity index (χ4v) is 6.04. The van der Waals surface area contributed by atoms with Gasteiger partial charge in [-0.15, -0.1) is 0 Å². The van der Waals surface area contributed by atoms with E-state index in [0.717, 1.165) is 98.5 Å². The number of carboxylic acid groups (broad SMARTS) is 1. The predicted molar refractivity (Wildman–Crippen MR) is 183 cm³/mol. The molecule has 2 fully saturated rings. The number of pyridine rings is 1. The maximum atomic E-state index is 10.6. The number of aromatic nitrogens is 6. The highest BCUT2D eigenvalue weighted by atomic mass is 19.4. The Kier molecular flexibility index (Phi) is 10.8. The molecular formula is C36H38F3N9O2. The number of rotatable bonds is 7. The Morgan fingerprint density at radius 3 is 2.18 bits per heavy atom. The minimum absolute atomic E-state index is 0.396. The fraction of sp³-hybridized carbons (Fsp3) is 0.333. The van der Waals surface area contributed by atoms with Crippen LogP contribution in [0.3, 0.4) is 0 Å². The first-order valence-corrected chi connectivity index (χ1v) is 16.5. The van der Waals surface area contributed by atoms with Crippen LogP contribution in [0.4, 0.5) is 19.1 Å². The first-order valence-electron chi connectivity index (χ1n) is 16.5. The van der Waals surface area contributed by atoms with Gasteiger partial charge in [0.05, 0.1) is 5.69 Å². The molecule has 2 aliphatic heterocycles. The van der Waals surface area contributed by atoms with E-state index in [1.807, 2.05) is 30.5 Å². The maximum absolute atomic E-state index is 10.6. The summed E-state index contributed by atoms with van der Waals surface area (Å²) in [6.07, 6.45) is 0.811. The summed E-state index contributed by atoms with van der Waals surface area (Å²) in [5.41, 5.74) is 6.42. The molecule has 0 aliphatic carbocycles. The van der Waals surface area contributed by atoms with Crippen LogP contribution in [-0.4, -0.2) is 104 Å². The second-order valence-electron chi connectivity index (χ2n) is 12.4. The Balaban J connectivity index is 0.000000561. The van der Waals surface area contributed by atoms with Gasteiger partial charge < -0.3 is 14.9 Å². The molecule has 2 aromatic carbocycles. The van der Waals surface area contributed by atoms with E-state index in [1.165, 1.54) is 5.56 Å². The van der Waals surface area contributed by atoms with E-state index >= 15 is 0 Å². The number of hydrogen-bond acceptors (Lipinski definition) is 9. The SMILES string of the molecule is CN1CCN(c2ncc(-c3ccccc3)c(-c3ccc(CN4CCC(c5nc(-c6ccccn6)n[nH]5)CC4)cc3)n2)CC1.O=C(O)C(F)(F)F. The monoisotopic (exact) mass is 685 g/mol. The number of alkyl halides is 3. The van der Waals surface area contributed by atoms with Gasteiger partial charge >= 0.3 is 12.1 Å². The molecule has 5 heterocycles. The summed E-state index contributed by atoms with van der Waals surface area (Å²) in [5.74, 6) is 0.0981. The van der Waals surface area contributed by atoms with Crippen molar-refractivity contribution in [1.29, 1.82) is 0 Å². The molecule has 14 heteroatoms. The van der Waals surface area contributed by atoms with Gasteiger partial charge in [-0.2, -0.15) is 18.3 Å². The fourth-order valence-electron chi connectivity index (χ4n) is 6.04. The van der Waals surface area contributed by atoms with Gasteiger partial charge in [-0.25, -0.2) is 19.7 Å². The second kappa shape index (κ2) is 15.6. The van der Waals surface area contributed by atoms with E-state index in [0.29, 0.717) is 11.7 Å². The van der Waals surface area contributed by atoms with Crippen LogP contribution in [0.25, 0.3) is 33.9 Å². The molecule has 0 saturated carbocycles. The molecule has 2 N–H and O–H groups in total. The van der Waals surface area contributed by atoms with Crippen molar-refractivity contribution in [2.75, 3.05) is 51.2 Å². The van der Waals surface area contributed by atoms with Crippen molar-refractivity contribution in [1.82, 2.24) is 39.9 Å². The lowest BCUT2D eigenvalue weighted by atomic mass is 9.95. The van der Waals surface area contributed by atoms with E-state index in [2.05, 4.69) is 85.5 Å². The first-order chi connectivity index (χ1) is 24.1. The lowest BCUT2D eigenvalue weighted by Gasteiger charge is -2.32. The van der Waals surface area contributed by atoms with Crippen molar-refractivity contribution < 1.29 is 23.1 Å². The number of carboxylic acids is 1. The molecule has 5 aromatic rings. The van der Waals surface area contributed by atoms with Crippen molar-refractivity contribution in [2.45, 2.75) is 31.5 Å². The van der Waals surface area contributed by atoms with Gasteiger partial charge in [0.1, 0.15) is 11.5 Å². The zero-order valence-corrected chi connectivity index (χ0v) is 27.6. The summed E-state index contributed by atoms with van der Waals surface area (Å²) in [6.45, 7) is 6.93. The van der Waals surface area contributed by atoms with Crippen LogP contribution in [0.2, 0.25) is 0 Å². The van der Waals surface area contributed by atoms with E-state index in [4.69, 9.17) is 24.9 Å². The topological polar surface area (TPSA) is 127 Å². The Bertz CT molecular complexity index is 1840. The van der Waals surface area contributed by atoms with Gasteiger partial charge in [0.2, 0.25) is 5.95 Å². The number of carbonyl (C=O) groups is 1. The number of aromatic amines is 1. The Hall–Kier alpha value is -5.21. The van der Waals surface area contributed by atoms with Crippen molar-refractivity contribution >= 4 is 11.9 Å². The number of H-pyrrole nitrogens is 1. The van der Waals surface area contributed by atoms with Crippen LogP contribution in [0.1, 0.15) is 30.1 Å². The third-order valence-electron chi connectivity index (χ3n) is 8.89. The number of aliphatic carboxylic acids is 1. The number of likely N-dealkylation sites (N-methyl/N-ethyl adjacent to an activating group) is 1. The smallest absolute Gasteiger partial charge is 0.475 e. The zero-order chi connectivity index (χ0) is 35.1. The lowest BCUT2D eigenvalue weighted by Crippen LogP contribution is -2.45. The first kappa shape index (κ1) is 34.6. The number of piperidine rings is 1. The molecule has 0 spiro atoms. The van der Waals surface area contributed by atoms with Gasteiger partial charge in [0, 0.05) is 62.2 Å². The summed E-state index contributed by atoms with van der Waals surface area (Å²) < 4.78 is 31.7. The van der Waals surface area contributed by atoms with Gasteiger partial charge in [-0.05, 0) is 56.2 Å². The molecule has 3 aromatic heterocycles. The molecule has 0 atom stereocenters. The normalized spacial score (nSPS) is 16.1. The van der Waals surface area contributed by atoms with Crippen LogP contribution in [0.15, 0.2) is 85.2 Å². The standard InChI is InChI=1S/C34H37N9.C2HF3O2/c1-41-19-21-43(22-20-41)34-36-23-29(26-7-3-2-4-8-26)31(37-34)27-12-10-25(11-13-27)24-42-17-14-28(15-18-42)32-38-33(40-39-32)30-9-5-6-16-35-30;3-2(4,5)1(6)7/h2-13,16,23,28H,14-15,17-22,24H2,1H3,(H,38,39,40);(H,6,7). The number of nitrogens with zero attached hydrogens (tertiary/aromatic N) is 8. The lowest BCUT2D eigenvalue weighted by molar-refractivity contribution is -0.192. The molecule has 2 saturated heterocycles. The molecular weight excluding hydrogens is 647 g/mol. The third kappa shape index (κ3) is 8.68. The van der Waals surface area contributed by atoms with E-state index in [-0.39, 0.29) is 0 Å². The number of benzene rings is 2. The zero-order valence-electron chi connectivity index (χ0n) is 27.6. The van der Waals surface area contributed by atoms with Crippen LogP contribution in [0.5, 0.6) is 0 Å². The highest BCUT2D eigenvalue weighted by molar-refractivity contribution is 5.81. The van der Waals surface area contributed by atoms with E-state index in [9.17, 15) is 13.2 Å². The summed E-state index contributed by atoms with van der Waals surface area (Å²) in [6, 6.07) is 25.2. The van der Waals surface area contributed by atoms with Crippen LogP contribution in [0, 0.1) is 0 Å². The number of hydrogen-bond donors (Lipinski definition) is 2. The predicted octanol–water partition coefficient (Wildman–Crippen LogP) is 5.76. The molecule has 7 rings (SSSR count). The largest absolute Gasteiger partial charge is 0.490 e. The summed E-state index contributed by atoms with van der Waals surface area (Å²) in [7, 11) is 2.17. The highest BCUT2D eigenvalue weighted by Crippen LogP contribution is 2.33. The van der Waals surface area contributed by atoms with Gasteiger partial charge in [0.15, 0.2) is 5.82 Å². The highest BCUT2D eigenvalue weighted by Gasteiger charge is 2.38. The van der Waals surface area contributed by atoms with E-state index in [1.54, 1.807) is 6.20 Å². The number of nitrogens with one attached hydrogen (secondary N) is 1. The van der Waals surface area contributed by atoms with Crippen LogP contribution >= 0.6 is 0 Å². The molecule has 50 heavy (non-hydrogen) atoms. The Labute approximate surface area is 287 Å². The van der Waals surface area contributed by atoms with Crippen LogP contribution in [-0.2, 0) is 11.3 Å². The summed E-state index contributed by atoms with van der Waals surface area (Å²) >= 11 is 0. The molecule has 260 valence electrons. The Morgan fingerprint density at radius 1 is 0.860 bits per heavy atom. The molecule has 2 aliphatic rings. The average Bonchev–Trinajstić information content (AvgIpc) is 3.64.